The van der Waals surface area contributed by atoms with Crippen molar-refractivity contribution in [3.05, 3.63) is 0 Å². The average Bonchev–Trinajstić information content (AvgIpc) is 2.78. The molecule has 2 aliphatic rings. The van der Waals surface area contributed by atoms with Crippen LogP contribution >= 0.6 is 0 Å². The van der Waals surface area contributed by atoms with Crippen LogP contribution in [0.2, 0.25) is 0 Å². The fourth-order valence-corrected chi connectivity index (χ4v) is 3.13. The molecule has 0 aromatic heterocycles. The van der Waals surface area contributed by atoms with E-state index in [-0.39, 0.29) is 11.8 Å². The van der Waals surface area contributed by atoms with Crippen molar-refractivity contribution in [1.29, 1.82) is 0 Å². The molecule has 1 heterocycles. The summed E-state index contributed by atoms with van der Waals surface area (Å²) in [6, 6.07) is 0. The molecular weight excluding hydrogens is 228 g/mol. The van der Waals surface area contributed by atoms with Gasteiger partial charge >= 0.3 is 0 Å². The first-order chi connectivity index (χ1) is 8.66. The van der Waals surface area contributed by atoms with Crippen molar-refractivity contribution < 1.29 is 9.90 Å². The lowest BCUT2D eigenvalue weighted by Crippen LogP contribution is -2.37. The summed E-state index contributed by atoms with van der Waals surface area (Å²) in [6.45, 7) is 3.14. The lowest BCUT2D eigenvalue weighted by Gasteiger charge is -2.29. The van der Waals surface area contributed by atoms with Crippen LogP contribution in [0.15, 0.2) is 0 Å². The van der Waals surface area contributed by atoms with Crippen LogP contribution in [-0.2, 0) is 4.79 Å². The van der Waals surface area contributed by atoms with E-state index in [4.69, 9.17) is 0 Å². The number of hydrogen-bond donors (Lipinski definition) is 2. The zero-order valence-electron chi connectivity index (χ0n) is 11.4. The molecule has 2 N–H and O–H groups in total. The van der Waals surface area contributed by atoms with Gasteiger partial charge in [-0.25, -0.2) is 0 Å². The largest absolute Gasteiger partial charge is 0.392 e. The molecule has 2 atom stereocenters. The third-order valence-electron chi connectivity index (χ3n) is 4.51. The SMILES string of the molecule is CN1CCC(CCNC(=O)C2CCCC2O)CC1. The van der Waals surface area contributed by atoms with Crippen LogP contribution in [0.5, 0.6) is 0 Å². The predicted molar refractivity (Wildman–Crippen MR) is 71.2 cm³/mol. The van der Waals surface area contributed by atoms with Crippen molar-refractivity contribution in [2.45, 2.75) is 44.6 Å². The Labute approximate surface area is 110 Å². The van der Waals surface area contributed by atoms with Gasteiger partial charge in [0.1, 0.15) is 0 Å². The number of nitrogens with one attached hydrogen (secondary N) is 1. The molecule has 0 bridgehead atoms. The number of amides is 1. The maximum Gasteiger partial charge on any atom is 0.225 e. The van der Waals surface area contributed by atoms with Crippen molar-refractivity contribution in [1.82, 2.24) is 10.2 Å². The van der Waals surface area contributed by atoms with Crippen molar-refractivity contribution in [3.8, 4) is 0 Å². The topological polar surface area (TPSA) is 52.6 Å². The summed E-state index contributed by atoms with van der Waals surface area (Å²) >= 11 is 0. The van der Waals surface area contributed by atoms with Gasteiger partial charge in [0, 0.05) is 6.54 Å². The van der Waals surface area contributed by atoms with Crippen molar-refractivity contribution >= 4 is 5.91 Å². The molecule has 0 aromatic carbocycles. The summed E-state index contributed by atoms with van der Waals surface area (Å²) in [5, 5.41) is 12.7. The molecule has 104 valence electrons. The standard InChI is InChI=1S/C14H26N2O2/c1-16-9-6-11(7-10-16)5-8-15-14(18)12-3-2-4-13(12)17/h11-13,17H,2-10H2,1H3,(H,15,18). The Bertz CT molecular complexity index is 275. The van der Waals surface area contributed by atoms with Crippen LogP contribution in [0.4, 0.5) is 0 Å². The highest BCUT2D eigenvalue weighted by molar-refractivity contribution is 5.79. The third kappa shape index (κ3) is 3.69. The monoisotopic (exact) mass is 254 g/mol. The van der Waals surface area contributed by atoms with Gasteiger partial charge in [-0.05, 0) is 64.6 Å². The van der Waals surface area contributed by atoms with Gasteiger partial charge in [-0.2, -0.15) is 0 Å². The second kappa shape index (κ2) is 6.53. The van der Waals surface area contributed by atoms with Gasteiger partial charge in [-0.3, -0.25) is 4.79 Å². The second-order valence-electron chi connectivity index (χ2n) is 5.93. The lowest BCUT2D eigenvalue weighted by atomic mass is 9.94. The van der Waals surface area contributed by atoms with E-state index in [0.717, 1.165) is 38.1 Å². The highest BCUT2D eigenvalue weighted by atomic mass is 16.3. The Kier molecular flexibility index (Phi) is 5.01. The van der Waals surface area contributed by atoms with Gasteiger partial charge in [-0.1, -0.05) is 0 Å². The number of carbonyl (C=O) groups is 1. The average molecular weight is 254 g/mol. The first kappa shape index (κ1) is 13.8. The Morgan fingerprint density at radius 1 is 1.28 bits per heavy atom. The van der Waals surface area contributed by atoms with Gasteiger partial charge in [0.05, 0.1) is 12.0 Å². The normalized spacial score (nSPS) is 30.6. The smallest absolute Gasteiger partial charge is 0.225 e. The molecule has 0 spiro atoms. The summed E-state index contributed by atoms with van der Waals surface area (Å²) in [6.07, 6.45) is 5.79. The van der Waals surface area contributed by atoms with E-state index in [0.29, 0.717) is 0 Å². The number of aliphatic hydroxyl groups is 1. The molecule has 18 heavy (non-hydrogen) atoms. The van der Waals surface area contributed by atoms with Gasteiger partial charge in [-0.15, -0.1) is 0 Å². The molecule has 1 aliphatic heterocycles. The van der Waals surface area contributed by atoms with Crippen LogP contribution in [0.3, 0.4) is 0 Å². The summed E-state index contributed by atoms with van der Waals surface area (Å²) in [7, 11) is 2.17. The number of piperidine rings is 1. The molecule has 1 saturated carbocycles. The first-order valence-corrected chi connectivity index (χ1v) is 7.31. The molecule has 2 rings (SSSR count). The van der Waals surface area contributed by atoms with Gasteiger partial charge in [0.2, 0.25) is 5.91 Å². The zero-order valence-corrected chi connectivity index (χ0v) is 11.4. The van der Waals surface area contributed by atoms with E-state index < -0.39 is 6.10 Å². The highest BCUT2D eigenvalue weighted by Crippen LogP contribution is 2.25. The zero-order chi connectivity index (χ0) is 13.0. The van der Waals surface area contributed by atoms with E-state index in [2.05, 4.69) is 17.3 Å². The van der Waals surface area contributed by atoms with Gasteiger partial charge in [0.15, 0.2) is 0 Å². The lowest BCUT2D eigenvalue weighted by molar-refractivity contribution is -0.127. The highest BCUT2D eigenvalue weighted by Gasteiger charge is 2.31. The number of carbonyl (C=O) groups excluding carboxylic acids is 1. The molecule has 1 saturated heterocycles. The molecule has 1 amide bonds. The number of aliphatic hydroxyl groups excluding tert-OH is 1. The molecule has 4 nitrogen and oxygen atoms in total. The Morgan fingerprint density at radius 3 is 2.61 bits per heavy atom. The van der Waals surface area contributed by atoms with Crippen LogP contribution in [0.25, 0.3) is 0 Å². The third-order valence-corrected chi connectivity index (χ3v) is 4.51. The molecule has 1 aliphatic carbocycles. The number of likely N-dealkylation sites (tertiary alicyclic amines) is 1. The summed E-state index contributed by atoms with van der Waals surface area (Å²) in [5.74, 6) is 0.672. The summed E-state index contributed by atoms with van der Waals surface area (Å²) in [5.41, 5.74) is 0. The van der Waals surface area contributed by atoms with Crippen molar-refractivity contribution in [2.75, 3.05) is 26.7 Å². The Morgan fingerprint density at radius 2 is 2.00 bits per heavy atom. The van der Waals surface area contributed by atoms with E-state index in [1.165, 1.54) is 25.9 Å². The van der Waals surface area contributed by atoms with E-state index >= 15 is 0 Å². The number of rotatable bonds is 4. The van der Waals surface area contributed by atoms with E-state index in [9.17, 15) is 9.90 Å². The predicted octanol–water partition coefficient (Wildman–Crippen LogP) is 0.995. The van der Waals surface area contributed by atoms with Gasteiger partial charge in [0.25, 0.3) is 0 Å². The molecule has 2 unspecified atom stereocenters. The minimum Gasteiger partial charge on any atom is -0.392 e. The van der Waals surface area contributed by atoms with Crippen LogP contribution in [-0.4, -0.2) is 48.7 Å². The maximum absolute atomic E-state index is 11.9. The first-order valence-electron chi connectivity index (χ1n) is 7.31. The Hall–Kier alpha value is -0.610. The van der Waals surface area contributed by atoms with Gasteiger partial charge < -0.3 is 15.3 Å². The van der Waals surface area contributed by atoms with Crippen molar-refractivity contribution in [2.24, 2.45) is 11.8 Å². The van der Waals surface area contributed by atoms with Crippen molar-refractivity contribution in [3.63, 3.8) is 0 Å². The summed E-state index contributed by atoms with van der Waals surface area (Å²) in [4.78, 5) is 14.2. The Balaban J connectivity index is 1.61. The minimum atomic E-state index is -0.409. The number of hydrogen-bond acceptors (Lipinski definition) is 3. The molecular formula is C14H26N2O2. The van der Waals surface area contributed by atoms with E-state index in [1.807, 2.05) is 0 Å². The number of nitrogens with zero attached hydrogens (tertiary/aromatic N) is 1. The fourth-order valence-electron chi connectivity index (χ4n) is 3.13. The van der Waals surface area contributed by atoms with Crippen LogP contribution < -0.4 is 5.32 Å². The summed E-state index contributed by atoms with van der Waals surface area (Å²) < 4.78 is 0. The fraction of sp³-hybridized carbons (Fsp3) is 0.929. The molecule has 0 aromatic rings. The quantitative estimate of drug-likeness (QED) is 0.787. The maximum atomic E-state index is 11.9. The van der Waals surface area contributed by atoms with Crippen LogP contribution in [0, 0.1) is 11.8 Å². The molecule has 4 heteroatoms. The van der Waals surface area contributed by atoms with E-state index in [1.54, 1.807) is 0 Å². The van der Waals surface area contributed by atoms with Crippen LogP contribution in [0.1, 0.15) is 38.5 Å². The molecule has 0 radical (unpaired) electrons. The minimum absolute atomic E-state index is 0.0629. The second-order valence-corrected chi connectivity index (χ2v) is 5.93. The molecule has 2 fully saturated rings.